The molecule has 0 aliphatic carbocycles. The molecule has 5 nitrogen and oxygen atoms in total. The van der Waals surface area contributed by atoms with Crippen LogP contribution < -0.4 is 0 Å². The van der Waals surface area contributed by atoms with Gasteiger partial charge < -0.3 is 9.84 Å². The molecule has 2 unspecified atom stereocenters. The van der Waals surface area contributed by atoms with Crippen molar-refractivity contribution in [1.82, 2.24) is 9.80 Å². The third kappa shape index (κ3) is 2.68. The highest BCUT2D eigenvalue weighted by Crippen LogP contribution is 2.30. The summed E-state index contributed by atoms with van der Waals surface area (Å²) in [7, 11) is 0. The van der Waals surface area contributed by atoms with E-state index in [9.17, 15) is 9.90 Å². The lowest BCUT2D eigenvalue weighted by Crippen LogP contribution is -2.55. The van der Waals surface area contributed by atoms with Crippen LogP contribution in [-0.2, 0) is 9.53 Å². The molecule has 0 saturated carbocycles. The Morgan fingerprint density at radius 2 is 2.28 bits per heavy atom. The van der Waals surface area contributed by atoms with Crippen molar-refractivity contribution in [3.05, 3.63) is 0 Å². The summed E-state index contributed by atoms with van der Waals surface area (Å²) >= 11 is 0. The van der Waals surface area contributed by atoms with E-state index in [-0.39, 0.29) is 0 Å². The van der Waals surface area contributed by atoms with E-state index < -0.39 is 11.4 Å². The van der Waals surface area contributed by atoms with Gasteiger partial charge in [-0.1, -0.05) is 6.92 Å². The van der Waals surface area contributed by atoms with E-state index in [1.54, 1.807) is 0 Å². The van der Waals surface area contributed by atoms with E-state index in [0.717, 1.165) is 26.2 Å². The maximum Gasteiger partial charge on any atom is 0.313 e. The smallest absolute Gasteiger partial charge is 0.313 e. The summed E-state index contributed by atoms with van der Waals surface area (Å²) in [4.78, 5) is 16.2. The number of carboxylic acid groups (broad SMARTS) is 1. The lowest BCUT2D eigenvalue weighted by Gasteiger charge is -2.41. The van der Waals surface area contributed by atoms with Crippen LogP contribution in [-0.4, -0.2) is 72.9 Å². The van der Waals surface area contributed by atoms with Gasteiger partial charge in [0.1, 0.15) is 5.41 Å². The molecular formula is C13H24N2O3. The molecule has 0 aromatic heterocycles. The summed E-state index contributed by atoms with van der Waals surface area (Å²) in [5.74, 6) is -0.703. The van der Waals surface area contributed by atoms with Crippen LogP contribution in [0.4, 0.5) is 0 Å². The monoisotopic (exact) mass is 256 g/mol. The molecule has 18 heavy (non-hydrogen) atoms. The Morgan fingerprint density at radius 3 is 2.78 bits per heavy atom. The first-order valence-corrected chi connectivity index (χ1v) is 6.85. The van der Waals surface area contributed by atoms with Crippen LogP contribution in [0, 0.1) is 5.41 Å². The Kier molecular flexibility index (Phi) is 4.25. The van der Waals surface area contributed by atoms with E-state index in [1.165, 1.54) is 0 Å². The van der Waals surface area contributed by atoms with Gasteiger partial charge in [0.2, 0.25) is 0 Å². The molecule has 2 fully saturated rings. The van der Waals surface area contributed by atoms with Crippen LogP contribution in [0.5, 0.6) is 0 Å². The molecule has 104 valence electrons. The predicted octanol–water partition coefficient (Wildman–Crippen LogP) is 0.504. The fourth-order valence-corrected chi connectivity index (χ4v) is 3.08. The Morgan fingerprint density at radius 1 is 1.50 bits per heavy atom. The van der Waals surface area contributed by atoms with Gasteiger partial charge in [0.05, 0.1) is 6.61 Å². The van der Waals surface area contributed by atoms with E-state index >= 15 is 0 Å². The Balaban J connectivity index is 1.95. The summed E-state index contributed by atoms with van der Waals surface area (Å²) in [5, 5.41) is 9.44. The molecule has 2 atom stereocenters. The van der Waals surface area contributed by atoms with Crippen LogP contribution in [0.25, 0.3) is 0 Å². The SMILES string of the molecule is CCN1CCN(CC2(C(=O)O)CCOC2)CC1C. The zero-order valence-corrected chi connectivity index (χ0v) is 11.4. The van der Waals surface area contributed by atoms with Gasteiger partial charge in [-0.2, -0.15) is 0 Å². The van der Waals surface area contributed by atoms with Gasteiger partial charge in [-0.25, -0.2) is 0 Å². The minimum absolute atomic E-state index is 0.366. The zero-order valence-electron chi connectivity index (χ0n) is 11.4. The third-order valence-electron chi connectivity index (χ3n) is 4.34. The van der Waals surface area contributed by atoms with Gasteiger partial charge in [0.15, 0.2) is 0 Å². The minimum atomic E-state index is -0.703. The number of aliphatic carboxylic acids is 1. The number of hydrogen-bond acceptors (Lipinski definition) is 4. The van der Waals surface area contributed by atoms with Gasteiger partial charge in [-0.05, 0) is 19.9 Å². The second kappa shape index (κ2) is 5.55. The Bertz CT molecular complexity index is 303. The first kappa shape index (κ1) is 13.8. The van der Waals surface area contributed by atoms with Crippen LogP contribution in [0.1, 0.15) is 20.3 Å². The van der Waals surface area contributed by atoms with Gasteiger partial charge in [-0.3, -0.25) is 14.6 Å². The lowest BCUT2D eigenvalue weighted by molar-refractivity contribution is -0.150. The number of likely N-dealkylation sites (N-methyl/N-ethyl adjacent to an activating group) is 1. The second-order valence-corrected chi connectivity index (χ2v) is 5.60. The number of carbonyl (C=O) groups is 1. The highest BCUT2D eigenvalue weighted by Gasteiger charge is 2.44. The molecule has 2 rings (SSSR count). The molecule has 0 amide bonds. The largest absolute Gasteiger partial charge is 0.481 e. The third-order valence-corrected chi connectivity index (χ3v) is 4.34. The molecule has 5 heteroatoms. The summed E-state index contributed by atoms with van der Waals surface area (Å²) in [5.41, 5.74) is -0.673. The molecule has 2 heterocycles. The number of carboxylic acids is 1. The molecule has 0 aromatic carbocycles. The first-order valence-electron chi connectivity index (χ1n) is 6.85. The van der Waals surface area contributed by atoms with Gasteiger partial charge in [-0.15, -0.1) is 0 Å². The maximum atomic E-state index is 11.5. The summed E-state index contributed by atoms with van der Waals surface area (Å²) < 4.78 is 5.31. The highest BCUT2D eigenvalue weighted by atomic mass is 16.5. The van der Waals surface area contributed by atoms with Crippen LogP contribution in [0.3, 0.4) is 0 Å². The van der Waals surface area contributed by atoms with Gasteiger partial charge >= 0.3 is 5.97 Å². The molecule has 2 saturated heterocycles. The molecule has 0 radical (unpaired) electrons. The average molecular weight is 256 g/mol. The number of hydrogen-bond donors (Lipinski definition) is 1. The van der Waals surface area contributed by atoms with E-state index in [4.69, 9.17) is 4.74 Å². The number of piperazine rings is 1. The quantitative estimate of drug-likeness (QED) is 0.794. The van der Waals surface area contributed by atoms with Crippen molar-refractivity contribution in [2.24, 2.45) is 5.41 Å². The van der Waals surface area contributed by atoms with Crippen molar-refractivity contribution in [2.45, 2.75) is 26.3 Å². The topological polar surface area (TPSA) is 53.0 Å². The molecule has 1 N–H and O–H groups in total. The van der Waals surface area contributed by atoms with Crippen molar-refractivity contribution in [3.63, 3.8) is 0 Å². The summed E-state index contributed by atoms with van der Waals surface area (Å²) in [6.45, 7) is 10.0. The van der Waals surface area contributed by atoms with Crippen LogP contribution in [0.15, 0.2) is 0 Å². The average Bonchev–Trinajstić information content (AvgIpc) is 2.79. The fourth-order valence-electron chi connectivity index (χ4n) is 3.08. The van der Waals surface area contributed by atoms with Gasteiger partial charge in [0, 0.05) is 38.8 Å². The van der Waals surface area contributed by atoms with Crippen LogP contribution >= 0.6 is 0 Å². The molecule has 0 spiro atoms. The molecule has 2 aliphatic rings. The van der Waals surface area contributed by atoms with Crippen molar-refractivity contribution in [1.29, 1.82) is 0 Å². The Labute approximate surface area is 109 Å². The second-order valence-electron chi connectivity index (χ2n) is 5.60. The summed E-state index contributed by atoms with van der Waals surface area (Å²) in [6, 6.07) is 0.511. The van der Waals surface area contributed by atoms with E-state index in [1.807, 2.05) is 0 Å². The van der Waals surface area contributed by atoms with Crippen molar-refractivity contribution < 1.29 is 14.6 Å². The van der Waals surface area contributed by atoms with E-state index in [0.29, 0.717) is 32.2 Å². The van der Waals surface area contributed by atoms with Crippen molar-refractivity contribution >= 4 is 5.97 Å². The summed E-state index contributed by atoms with van der Waals surface area (Å²) in [6.07, 6.45) is 0.644. The van der Waals surface area contributed by atoms with Crippen molar-refractivity contribution in [2.75, 3.05) is 45.9 Å². The standard InChI is InChI=1S/C13H24N2O3/c1-3-15-6-5-14(8-11(15)2)9-13(12(16)17)4-7-18-10-13/h11H,3-10H2,1-2H3,(H,16,17). The lowest BCUT2D eigenvalue weighted by atomic mass is 9.86. The molecule has 2 aliphatic heterocycles. The first-order chi connectivity index (χ1) is 8.57. The predicted molar refractivity (Wildman–Crippen MR) is 68.7 cm³/mol. The number of nitrogens with zero attached hydrogens (tertiary/aromatic N) is 2. The van der Waals surface area contributed by atoms with Crippen LogP contribution in [0.2, 0.25) is 0 Å². The number of rotatable bonds is 4. The normalized spacial score (nSPS) is 34.9. The van der Waals surface area contributed by atoms with Gasteiger partial charge in [0.25, 0.3) is 0 Å². The fraction of sp³-hybridized carbons (Fsp3) is 0.923. The van der Waals surface area contributed by atoms with E-state index in [2.05, 4.69) is 23.6 Å². The molecule has 0 bridgehead atoms. The highest BCUT2D eigenvalue weighted by molar-refractivity contribution is 5.75. The maximum absolute atomic E-state index is 11.5. The Hall–Kier alpha value is -0.650. The zero-order chi connectivity index (χ0) is 13.2. The van der Waals surface area contributed by atoms with Crippen molar-refractivity contribution in [3.8, 4) is 0 Å². The number of ether oxygens (including phenoxy) is 1. The minimum Gasteiger partial charge on any atom is -0.481 e. The molecular weight excluding hydrogens is 232 g/mol. The molecule has 0 aromatic rings.